The van der Waals surface area contributed by atoms with Crippen LogP contribution in [-0.4, -0.2) is 25.5 Å². The standard InChI is InChI=1S/C15H13N3O5S/c1-11(19)17-24(22,23)14-8-6-13(7-9-14)16-10-12-4-2-3-5-15(12)18(20)21/h2-10H,1H3,(H,17,19). The molecule has 2 rings (SSSR count). The molecule has 2 aromatic carbocycles. The number of hydrogen-bond acceptors (Lipinski definition) is 6. The smallest absolute Gasteiger partial charge is 0.274 e. The number of carbonyl (C=O) groups excluding carboxylic acids is 1. The second-order valence-electron chi connectivity index (χ2n) is 4.73. The van der Waals surface area contributed by atoms with Crippen molar-refractivity contribution in [2.75, 3.05) is 0 Å². The molecule has 8 nitrogen and oxygen atoms in total. The largest absolute Gasteiger partial charge is 0.278 e. The van der Waals surface area contributed by atoms with Crippen LogP contribution in [0.3, 0.4) is 0 Å². The molecular weight excluding hydrogens is 334 g/mol. The summed E-state index contributed by atoms with van der Waals surface area (Å²) in [7, 11) is -3.90. The van der Waals surface area contributed by atoms with Crippen molar-refractivity contribution in [1.82, 2.24) is 4.72 Å². The van der Waals surface area contributed by atoms with Crippen molar-refractivity contribution in [3.05, 3.63) is 64.2 Å². The number of rotatable bonds is 5. The highest BCUT2D eigenvalue weighted by Crippen LogP contribution is 2.19. The predicted octanol–water partition coefficient (Wildman–Crippen LogP) is 2.17. The number of nitrogens with zero attached hydrogens (tertiary/aromatic N) is 2. The van der Waals surface area contributed by atoms with Crippen molar-refractivity contribution in [3.63, 3.8) is 0 Å². The van der Waals surface area contributed by atoms with Crippen molar-refractivity contribution in [2.45, 2.75) is 11.8 Å². The quantitative estimate of drug-likeness (QED) is 0.505. The van der Waals surface area contributed by atoms with Gasteiger partial charge in [0, 0.05) is 19.2 Å². The zero-order chi connectivity index (χ0) is 17.7. The third kappa shape index (κ3) is 4.23. The first kappa shape index (κ1) is 17.3. The Kier molecular flexibility index (Phi) is 5.05. The van der Waals surface area contributed by atoms with Crippen molar-refractivity contribution >= 4 is 33.5 Å². The van der Waals surface area contributed by atoms with Crippen LogP contribution in [0.1, 0.15) is 12.5 Å². The molecule has 0 spiro atoms. The number of sulfonamides is 1. The van der Waals surface area contributed by atoms with Crippen LogP contribution in [0.2, 0.25) is 0 Å². The first-order valence-electron chi connectivity index (χ1n) is 6.70. The number of aliphatic imine (C=N–C) groups is 1. The van der Waals surface area contributed by atoms with E-state index in [-0.39, 0.29) is 10.6 Å². The first-order valence-corrected chi connectivity index (χ1v) is 8.19. The second kappa shape index (κ2) is 7.01. The van der Waals surface area contributed by atoms with Gasteiger partial charge in [0.25, 0.3) is 15.7 Å². The lowest BCUT2D eigenvalue weighted by Crippen LogP contribution is -2.28. The summed E-state index contributed by atoms with van der Waals surface area (Å²) in [5, 5.41) is 10.9. The van der Waals surface area contributed by atoms with E-state index in [2.05, 4.69) is 4.99 Å². The lowest BCUT2D eigenvalue weighted by atomic mass is 10.2. The van der Waals surface area contributed by atoms with Crippen molar-refractivity contribution in [1.29, 1.82) is 0 Å². The molecule has 24 heavy (non-hydrogen) atoms. The molecule has 0 atom stereocenters. The molecule has 124 valence electrons. The van der Waals surface area contributed by atoms with E-state index in [0.717, 1.165) is 6.92 Å². The Labute approximate surface area is 138 Å². The number of benzene rings is 2. The van der Waals surface area contributed by atoms with E-state index >= 15 is 0 Å². The molecule has 0 bridgehead atoms. The number of amides is 1. The lowest BCUT2D eigenvalue weighted by Gasteiger charge is -2.04. The summed E-state index contributed by atoms with van der Waals surface area (Å²) in [6.45, 7) is 1.10. The van der Waals surface area contributed by atoms with Crippen LogP contribution in [0, 0.1) is 10.1 Å². The van der Waals surface area contributed by atoms with E-state index in [0.29, 0.717) is 11.3 Å². The zero-order valence-corrected chi connectivity index (χ0v) is 13.4. The van der Waals surface area contributed by atoms with Gasteiger partial charge in [-0.2, -0.15) is 0 Å². The molecule has 0 heterocycles. The molecule has 0 radical (unpaired) electrons. The van der Waals surface area contributed by atoms with Gasteiger partial charge in [-0.25, -0.2) is 13.1 Å². The van der Waals surface area contributed by atoms with Crippen LogP contribution >= 0.6 is 0 Å². The molecule has 9 heteroatoms. The summed E-state index contributed by atoms with van der Waals surface area (Å²) < 4.78 is 25.5. The number of nitrogens with one attached hydrogen (secondary N) is 1. The van der Waals surface area contributed by atoms with Gasteiger partial charge >= 0.3 is 0 Å². The average molecular weight is 347 g/mol. The van der Waals surface area contributed by atoms with E-state index in [1.807, 2.05) is 4.72 Å². The van der Waals surface area contributed by atoms with E-state index in [4.69, 9.17) is 0 Å². The molecule has 1 amide bonds. The number of hydrogen-bond donors (Lipinski definition) is 1. The Morgan fingerprint density at radius 3 is 2.38 bits per heavy atom. The van der Waals surface area contributed by atoms with E-state index in [1.54, 1.807) is 18.2 Å². The minimum Gasteiger partial charge on any atom is -0.274 e. The van der Waals surface area contributed by atoms with Crippen LogP contribution in [0.15, 0.2) is 58.4 Å². The van der Waals surface area contributed by atoms with Gasteiger partial charge in [-0.1, -0.05) is 12.1 Å². The Morgan fingerprint density at radius 2 is 1.79 bits per heavy atom. The SMILES string of the molecule is CC(=O)NS(=O)(=O)c1ccc(N=Cc2ccccc2[N+](=O)[O-])cc1. The maximum atomic E-state index is 11.8. The zero-order valence-electron chi connectivity index (χ0n) is 12.5. The third-order valence-electron chi connectivity index (χ3n) is 2.91. The molecule has 1 N–H and O–H groups in total. The Bertz CT molecular complexity index is 905. The summed E-state index contributed by atoms with van der Waals surface area (Å²) >= 11 is 0. The highest BCUT2D eigenvalue weighted by molar-refractivity contribution is 7.90. The number of para-hydroxylation sites is 1. The molecular formula is C15H13N3O5S. The van der Waals surface area contributed by atoms with Gasteiger partial charge in [0.1, 0.15) is 0 Å². The summed E-state index contributed by atoms with van der Waals surface area (Å²) in [5.41, 5.74) is 0.665. The molecule has 2 aromatic rings. The molecule has 0 aliphatic heterocycles. The number of nitro benzene ring substituents is 1. The predicted molar refractivity (Wildman–Crippen MR) is 87.8 cm³/mol. The molecule has 0 unspecified atom stereocenters. The summed E-state index contributed by atoms with van der Waals surface area (Å²) in [4.78, 5) is 25.3. The van der Waals surface area contributed by atoms with Crippen LogP contribution in [-0.2, 0) is 14.8 Å². The van der Waals surface area contributed by atoms with Crippen LogP contribution in [0.4, 0.5) is 11.4 Å². The molecule has 0 aliphatic rings. The lowest BCUT2D eigenvalue weighted by molar-refractivity contribution is -0.385. The Morgan fingerprint density at radius 1 is 1.17 bits per heavy atom. The fourth-order valence-electron chi connectivity index (χ4n) is 1.87. The van der Waals surface area contributed by atoms with E-state index < -0.39 is 20.9 Å². The van der Waals surface area contributed by atoms with Crippen LogP contribution in [0.25, 0.3) is 0 Å². The van der Waals surface area contributed by atoms with Crippen molar-refractivity contribution in [3.8, 4) is 0 Å². The maximum absolute atomic E-state index is 11.8. The monoisotopic (exact) mass is 347 g/mol. The van der Waals surface area contributed by atoms with Crippen molar-refractivity contribution < 1.29 is 18.1 Å². The second-order valence-corrected chi connectivity index (χ2v) is 6.41. The van der Waals surface area contributed by atoms with Gasteiger partial charge in [0.15, 0.2) is 0 Å². The molecule has 0 aromatic heterocycles. The summed E-state index contributed by atoms with van der Waals surface area (Å²) in [5.74, 6) is -0.687. The minimum atomic E-state index is -3.90. The Balaban J connectivity index is 2.24. The van der Waals surface area contributed by atoms with E-state index in [1.165, 1.54) is 36.5 Å². The van der Waals surface area contributed by atoms with Gasteiger partial charge in [-0.3, -0.25) is 19.9 Å². The van der Waals surface area contributed by atoms with Gasteiger partial charge in [-0.05, 0) is 30.3 Å². The normalized spacial score (nSPS) is 11.4. The molecule has 0 saturated heterocycles. The van der Waals surface area contributed by atoms with E-state index in [9.17, 15) is 23.3 Å². The van der Waals surface area contributed by atoms with Gasteiger partial charge < -0.3 is 0 Å². The highest BCUT2D eigenvalue weighted by atomic mass is 32.2. The Hall–Kier alpha value is -3.07. The highest BCUT2D eigenvalue weighted by Gasteiger charge is 2.15. The number of nitro groups is 1. The van der Waals surface area contributed by atoms with Gasteiger partial charge in [0.05, 0.1) is 21.1 Å². The molecule has 0 aliphatic carbocycles. The molecule has 0 fully saturated rings. The fourth-order valence-corrected chi connectivity index (χ4v) is 2.86. The van der Waals surface area contributed by atoms with Gasteiger partial charge in [-0.15, -0.1) is 0 Å². The van der Waals surface area contributed by atoms with Crippen LogP contribution in [0.5, 0.6) is 0 Å². The first-order chi connectivity index (χ1) is 11.3. The van der Waals surface area contributed by atoms with Gasteiger partial charge in [0.2, 0.25) is 5.91 Å². The molecule has 0 saturated carbocycles. The minimum absolute atomic E-state index is 0.0777. The number of carbonyl (C=O) groups is 1. The third-order valence-corrected chi connectivity index (χ3v) is 4.36. The average Bonchev–Trinajstić information content (AvgIpc) is 2.52. The fraction of sp³-hybridized carbons (Fsp3) is 0.0667. The summed E-state index contributed by atoms with van der Waals surface area (Å²) in [6, 6.07) is 11.6. The van der Waals surface area contributed by atoms with Crippen LogP contribution < -0.4 is 4.72 Å². The summed E-state index contributed by atoms with van der Waals surface area (Å²) in [6.07, 6.45) is 1.33. The maximum Gasteiger partial charge on any atom is 0.278 e. The topological polar surface area (TPSA) is 119 Å². The van der Waals surface area contributed by atoms with Crippen molar-refractivity contribution in [2.24, 2.45) is 4.99 Å².